The zero-order valence-electron chi connectivity index (χ0n) is 12.6. The molecular formula is C13H30LaN3-3. The van der Waals surface area contributed by atoms with Gasteiger partial charge in [0.2, 0.25) is 0 Å². The average molecular weight is 367 g/mol. The van der Waals surface area contributed by atoms with E-state index in [1.54, 1.807) is 14.1 Å². The SMILES string of the molecule is CN(C)CC1CCCC1.C[N-]C(C)[N-]C.[CH3-].[La]. The smallest absolute Gasteiger partial charge is 0.000356 e. The monoisotopic (exact) mass is 367 g/mol. The maximum atomic E-state index is 3.84. The van der Waals surface area contributed by atoms with Gasteiger partial charge in [-0.15, -0.1) is 6.92 Å². The molecule has 1 rings (SSSR count). The van der Waals surface area contributed by atoms with Crippen LogP contribution in [-0.4, -0.2) is 45.8 Å². The quantitative estimate of drug-likeness (QED) is 0.700. The van der Waals surface area contributed by atoms with Crippen LogP contribution in [-0.2, 0) is 0 Å². The van der Waals surface area contributed by atoms with Gasteiger partial charge in [0.05, 0.1) is 0 Å². The Labute approximate surface area is 137 Å². The Morgan fingerprint density at radius 2 is 1.53 bits per heavy atom. The molecule has 0 aromatic carbocycles. The van der Waals surface area contributed by atoms with Gasteiger partial charge in [-0.05, 0) is 32.9 Å². The second kappa shape index (κ2) is 15.1. The Bertz CT molecular complexity index is 133. The molecule has 0 saturated heterocycles. The van der Waals surface area contributed by atoms with Crippen LogP contribution in [0.2, 0.25) is 0 Å². The fourth-order valence-corrected chi connectivity index (χ4v) is 1.82. The van der Waals surface area contributed by atoms with Gasteiger partial charge < -0.3 is 23.0 Å². The van der Waals surface area contributed by atoms with E-state index in [0.29, 0.717) is 0 Å². The first-order chi connectivity index (χ1) is 7.10. The Morgan fingerprint density at radius 1 is 1.12 bits per heavy atom. The van der Waals surface area contributed by atoms with Crippen molar-refractivity contribution in [3.05, 3.63) is 18.1 Å². The van der Waals surface area contributed by atoms with E-state index in [1.807, 2.05) is 6.92 Å². The van der Waals surface area contributed by atoms with Gasteiger partial charge in [-0.2, -0.15) is 14.1 Å². The van der Waals surface area contributed by atoms with Crippen molar-refractivity contribution in [2.24, 2.45) is 5.92 Å². The van der Waals surface area contributed by atoms with Crippen LogP contribution in [0.15, 0.2) is 0 Å². The second-order valence-electron chi connectivity index (χ2n) is 4.56. The molecule has 1 saturated carbocycles. The minimum atomic E-state index is 0. The summed E-state index contributed by atoms with van der Waals surface area (Å²) >= 11 is 0. The zero-order chi connectivity index (χ0) is 11.7. The summed E-state index contributed by atoms with van der Waals surface area (Å²) in [6.07, 6.45) is 6.07. The molecule has 1 radical (unpaired) electrons. The molecule has 103 valence electrons. The van der Waals surface area contributed by atoms with Crippen molar-refractivity contribution in [3.8, 4) is 0 Å². The fourth-order valence-electron chi connectivity index (χ4n) is 1.82. The van der Waals surface area contributed by atoms with Crippen LogP contribution in [0.4, 0.5) is 0 Å². The first-order valence-corrected chi connectivity index (χ1v) is 5.92. The molecule has 1 aliphatic rings. The molecule has 0 spiro atoms. The van der Waals surface area contributed by atoms with Gasteiger partial charge in [0.25, 0.3) is 0 Å². The molecule has 1 aliphatic carbocycles. The van der Waals surface area contributed by atoms with E-state index in [1.165, 1.54) is 32.2 Å². The van der Waals surface area contributed by atoms with Gasteiger partial charge in [0.1, 0.15) is 0 Å². The van der Waals surface area contributed by atoms with Crippen LogP contribution in [0, 0.1) is 48.9 Å². The molecule has 0 aliphatic heterocycles. The number of rotatable bonds is 4. The van der Waals surface area contributed by atoms with Crippen LogP contribution in [0.5, 0.6) is 0 Å². The van der Waals surface area contributed by atoms with Crippen molar-refractivity contribution in [3.63, 3.8) is 0 Å². The van der Waals surface area contributed by atoms with Crippen LogP contribution < -0.4 is 0 Å². The molecule has 4 heteroatoms. The molecule has 0 aromatic heterocycles. The van der Waals surface area contributed by atoms with Gasteiger partial charge in [-0.3, -0.25) is 0 Å². The van der Waals surface area contributed by atoms with E-state index in [2.05, 4.69) is 29.6 Å². The van der Waals surface area contributed by atoms with Crippen LogP contribution in [0.25, 0.3) is 10.6 Å². The summed E-state index contributed by atoms with van der Waals surface area (Å²) in [6, 6.07) is 0. The molecule has 0 heterocycles. The minimum Gasteiger partial charge on any atom is -0.681 e. The molecule has 0 aromatic rings. The van der Waals surface area contributed by atoms with Crippen molar-refractivity contribution in [1.29, 1.82) is 0 Å². The third kappa shape index (κ3) is 15.0. The van der Waals surface area contributed by atoms with E-state index in [0.717, 1.165) is 5.92 Å². The number of hydrogen-bond acceptors (Lipinski definition) is 1. The van der Waals surface area contributed by atoms with Crippen molar-refractivity contribution in [2.45, 2.75) is 38.8 Å². The Morgan fingerprint density at radius 3 is 1.76 bits per heavy atom. The summed E-state index contributed by atoms with van der Waals surface area (Å²) in [5.41, 5.74) is 0. The number of nitrogens with zero attached hydrogens (tertiary/aromatic N) is 3. The summed E-state index contributed by atoms with van der Waals surface area (Å²) < 4.78 is 0. The van der Waals surface area contributed by atoms with Crippen molar-refractivity contribution in [1.82, 2.24) is 4.90 Å². The van der Waals surface area contributed by atoms with Crippen molar-refractivity contribution < 1.29 is 35.6 Å². The molecule has 1 fully saturated rings. The Hall–Kier alpha value is 1.07. The van der Waals surface area contributed by atoms with Gasteiger partial charge in [0, 0.05) is 42.1 Å². The Balaban J connectivity index is -0.000000221. The van der Waals surface area contributed by atoms with Gasteiger partial charge in [0.15, 0.2) is 0 Å². The van der Waals surface area contributed by atoms with E-state index in [-0.39, 0.29) is 49.2 Å². The maximum Gasteiger partial charge on any atom is 0.000356 e. The molecular weight excluding hydrogens is 337 g/mol. The standard InChI is InChI=1S/C8H17N.C4H10N2.CH3.La/c1-9(2)7-8-5-3-4-6-8;1-4(5-2)6-3;;/h8H,3-7H2,1-2H3;4H,1-3H3;1H3;/q;-2;-1;. The molecule has 0 unspecified atom stereocenters. The van der Waals surface area contributed by atoms with Gasteiger partial charge in [-0.1, -0.05) is 12.8 Å². The average Bonchev–Trinajstić information content (AvgIpc) is 2.69. The van der Waals surface area contributed by atoms with Crippen LogP contribution in [0.3, 0.4) is 0 Å². The van der Waals surface area contributed by atoms with Crippen molar-refractivity contribution >= 4 is 0 Å². The normalized spacial score (nSPS) is 15.0. The zero-order valence-corrected chi connectivity index (χ0v) is 16.2. The number of hydrogen-bond donors (Lipinski definition) is 0. The van der Waals surface area contributed by atoms with E-state index in [9.17, 15) is 0 Å². The maximum absolute atomic E-state index is 3.84. The molecule has 0 amide bonds. The fraction of sp³-hybridized carbons (Fsp3) is 0.923. The molecule has 17 heavy (non-hydrogen) atoms. The molecule has 3 nitrogen and oxygen atoms in total. The topological polar surface area (TPSA) is 31.4 Å². The van der Waals surface area contributed by atoms with Crippen LogP contribution in [0.1, 0.15) is 32.6 Å². The van der Waals surface area contributed by atoms with Crippen LogP contribution >= 0.6 is 0 Å². The van der Waals surface area contributed by atoms with E-state index in [4.69, 9.17) is 0 Å². The predicted molar refractivity (Wildman–Crippen MR) is 75.0 cm³/mol. The molecule has 0 N–H and O–H groups in total. The van der Waals surface area contributed by atoms with Gasteiger partial charge >= 0.3 is 0 Å². The summed E-state index contributed by atoms with van der Waals surface area (Å²) in [4.78, 5) is 2.30. The molecule has 0 atom stereocenters. The Kier molecular flexibility index (Phi) is 20.6. The largest absolute Gasteiger partial charge is 0.681 e. The minimum absolute atomic E-state index is 0. The molecule has 0 bridgehead atoms. The summed E-state index contributed by atoms with van der Waals surface area (Å²) in [5, 5.41) is 7.68. The summed E-state index contributed by atoms with van der Waals surface area (Å²) in [6.45, 7) is 3.25. The third-order valence-electron chi connectivity index (χ3n) is 2.85. The van der Waals surface area contributed by atoms with E-state index < -0.39 is 0 Å². The van der Waals surface area contributed by atoms with E-state index >= 15 is 0 Å². The third-order valence-corrected chi connectivity index (χ3v) is 2.85. The first-order valence-electron chi connectivity index (χ1n) is 5.92. The van der Waals surface area contributed by atoms with Gasteiger partial charge in [-0.25, -0.2) is 6.17 Å². The summed E-state index contributed by atoms with van der Waals surface area (Å²) in [5.74, 6) is 1.01. The van der Waals surface area contributed by atoms with Crippen molar-refractivity contribution in [2.75, 3.05) is 34.7 Å². The second-order valence-corrected chi connectivity index (χ2v) is 4.56. The summed E-state index contributed by atoms with van der Waals surface area (Å²) in [7, 11) is 7.85. The predicted octanol–water partition coefficient (Wildman–Crippen LogP) is 3.53. The first kappa shape index (κ1) is 23.2.